The first-order chi connectivity index (χ1) is 10.5. The molecule has 0 aromatic heterocycles. The van der Waals surface area contributed by atoms with Gasteiger partial charge in [0, 0.05) is 11.8 Å². The molecule has 3 fully saturated rings. The van der Waals surface area contributed by atoms with E-state index in [4.69, 9.17) is 16.1 Å². The van der Waals surface area contributed by atoms with Crippen molar-refractivity contribution in [3.05, 3.63) is 31.2 Å². The van der Waals surface area contributed by atoms with Crippen LogP contribution in [0.15, 0.2) is 17.7 Å². The van der Waals surface area contributed by atoms with Gasteiger partial charge in [-0.2, -0.15) is 0 Å². The summed E-state index contributed by atoms with van der Waals surface area (Å²) in [5.74, 6) is 1.67. The molecule has 3 heteroatoms. The fourth-order valence-electron chi connectivity index (χ4n) is 6.21. The Kier molecular flexibility index (Phi) is 5.09. The van der Waals surface area contributed by atoms with Crippen molar-refractivity contribution in [2.45, 2.75) is 51.7 Å². The van der Waals surface area contributed by atoms with Gasteiger partial charge in [-0.3, -0.25) is 6.08 Å². The normalized spacial score (nSPS) is 47.4. The van der Waals surface area contributed by atoms with E-state index >= 15 is 0 Å². The number of fused-ring (bicyclic) bond motifs is 4. The Morgan fingerprint density at radius 1 is 1.17 bits per heavy atom. The van der Waals surface area contributed by atoms with Gasteiger partial charge in [0.1, 0.15) is 0 Å². The molecule has 1 spiro atoms. The zero-order valence-corrected chi connectivity index (χ0v) is 18.1. The number of rotatable bonds is 1. The number of hydrogen-bond donors (Lipinski definition) is 0. The molecule has 0 aromatic carbocycles. The van der Waals surface area contributed by atoms with E-state index in [1.54, 1.807) is 0 Å². The third-order valence-electron chi connectivity index (χ3n) is 7.68. The molecule has 3 aliphatic carbocycles. The Morgan fingerprint density at radius 2 is 1.83 bits per heavy atom. The van der Waals surface area contributed by atoms with Crippen LogP contribution in [-0.4, -0.2) is 19.0 Å². The summed E-state index contributed by atoms with van der Waals surface area (Å²) in [6.45, 7) is 16.6. The first-order valence-corrected chi connectivity index (χ1v) is 8.83. The topological polar surface area (TPSA) is 18.5 Å². The van der Waals surface area contributed by atoms with Gasteiger partial charge in [-0.1, -0.05) is 25.7 Å². The maximum Gasteiger partial charge on any atom is 1.00 e. The molecule has 122 valence electrons. The van der Waals surface area contributed by atoms with E-state index in [1.165, 1.54) is 24.8 Å². The second kappa shape index (κ2) is 6.26. The molecule has 0 aromatic rings. The molecule has 1 saturated heterocycles. The van der Waals surface area contributed by atoms with Crippen molar-refractivity contribution in [3.8, 4) is 0 Å². The molecule has 23 heavy (non-hydrogen) atoms. The van der Waals surface area contributed by atoms with Gasteiger partial charge in [0.05, 0.1) is 13.2 Å². The summed E-state index contributed by atoms with van der Waals surface area (Å²) in [6.07, 6.45) is 10.0. The first-order valence-electron chi connectivity index (χ1n) is 8.83. The summed E-state index contributed by atoms with van der Waals surface area (Å²) in [5, 5.41) is 0. The zero-order chi connectivity index (χ0) is 15.6. The largest absolute Gasteiger partial charge is 1.00 e. The molecule has 5 atom stereocenters. The zero-order valence-electron chi connectivity index (χ0n) is 14.9. The van der Waals surface area contributed by atoms with E-state index in [0.717, 1.165) is 26.1 Å². The molecule has 2 nitrogen and oxygen atoms in total. The van der Waals surface area contributed by atoms with Crippen molar-refractivity contribution in [2.24, 2.45) is 28.6 Å². The van der Waals surface area contributed by atoms with Crippen molar-refractivity contribution in [1.29, 1.82) is 0 Å². The Morgan fingerprint density at radius 3 is 2.48 bits per heavy atom. The van der Waals surface area contributed by atoms with Crippen molar-refractivity contribution < 1.29 is 60.9 Å². The van der Waals surface area contributed by atoms with Crippen molar-refractivity contribution >= 4 is 0 Å². The monoisotopic (exact) mass is 339 g/mol. The van der Waals surface area contributed by atoms with Crippen LogP contribution in [0.2, 0.25) is 0 Å². The third kappa shape index (κ3) is 2.38. The Balaban J connectivity index is 0.00000156. The molecule has 0 bridgehead atoms. The Labute approximate surface area is 183 Å². The molecule has 4 aliphatic rings. The van der Waals surface area contributed by atoms with Crippen LogP contribution in [0.4, 0.5) is 0 Å². The fraction of sp³-hybridized carbons (Fsp3) is 0.750. The minimum atomic E-state index is -0.306. The van der Waals surface area contributed by atoms with Crippen LogP contribution in [0.3, 0.4) is 0 Å². The minimum absolute atomic E-state index is 0. The fourth-order valence-corrected chi connectivity index (χ4v) is 6.21. The average Bonchev–Trinajstić information content (AvgIpc) is 3.10. The van der Waals surface area contributed by atoms with Crippen molar-refractivity contribution in [2.75, 3.05) is 13.2 Å². The van der Waals surface area contributed by atoms with E-state index in [1.807, 2.05) is 6.08 Å². The average molecular weight is 340 g/mol. The van der Waals surface area contributed by atoms with Crippen LogP contribution in [0.5, 0.6) is 0 Å². The van der Waals surface area contributed by atoms with Crippen LogP contribution in [0.25, 0.3) is 0 Å². The van der Waals surface area contributed by atoms with Crippen LogP contribution < -0.4 is 51.4 Å². The molecule has 0 N–H and O–H groups in total. The van der Waals surface area contributed by atoms with Crippen LogP contribution >= 0.6 is 0 Å². The van der Waals surface area contributed by atoms with Gasteiger partial charge in [-0.05, 0) is 37.0 Å². The number of ether oxygens (including phenoxy) is 2. The summed E-state index contributed by atoms with van der Waals surface area (Å²) in [5.41, 5.74) is 1.32. The van der Waals surface area contributed by atoms with Gasteiger partial charge in [0.15, 0.2) is 5.79 Å². The van der Waals surface area contributed by atoms with Gasteiger partial charge in [0.25, 0.3) is 0 Å². The molecule has 0 amide bonds. The molecule has 0 radical (unpaired) electrons. The van der Waals surface area contributed by atoms with Gasteiger partial charge in [-0.15, -0.1) is 0 Å². The minimum Gasteiger partial charge on any atom is -0.517 e. The predicted octanol–water partition coefficient (Wildman–Crippen LogP) is 1.34. The maximum atomic E-state index is 6.17. The smallest absolute Gasteiger partial charge is 0.517 e. The SMILES string of the molecule is [CH-]=CC1(C)C([CH2-])=CCC2C1CCC1(C)C2CCC12OCCO2.[K+]. The molecule has 5 unspecified atom stereocenters. The summed E-state index contributed by atoms with van der Waals surface area (Å²) in [6, 6.07) is 0. The second-order valence-electron chi connectivity index (χ2n) is 8.24. The molecule has 1 aliphatic heterocycles. The molecular formula is C20H28KO2-. The second-order valence-corrected chi connectivity index (χ2v) is 8.24. The van der Waals surface area contributed by atoms with E-state index in [0.29, 0.717) is 17.8 Å². The molecule has 2 saturated carbocycles. The summed E-state index contributed by atoms with van der Waals surface area (Å²) in [4.78, 5) is 0. The molecular weight excluding hydrogens is 311 g/mol. The standard InChI is InChI=1S/C20H28O2.K/c1-5-18(3)14(2)6-7-15-16(18)8-10-19(4)17(15)9-11-20(19)21-12-13-22-20;/h1,5-6,15-17H,2,7-13H2,3-4H3;/q-2;+1. The first kappa shape index (κ1) is 18.7. The summed E-state index contributed by atoms with van der Waals surface area (Å²) < 4.78 is 12.3. The van der Waals surface area contributed by atoms with Gasteiger partial charge in [0.2, 0.25) is 0 Å². The van der Waals surface area contributed by atoms with Gasteiger partial charge >= 0.3 is 51.4 Å². The van der Waals surface area contributed by atoms with E-state index < -0.39 is 0 Å². The van der Waals surface area contributed by atoms with E-state index in [-0.39, 0.29) is 68.0 Å². The van der Waals surface area contributed by atoms with E-state index in [2.05, 4.69) is 26.8 Å². The van der Waals surface area contributed by atoms with Gasteiger partial charge < -0.3 is 16.1 Å². The predicted molar refractivity (Wildman–Crippen MR) is 86.7 cm³/mol. The third-order valence-corrected chi connectivity index (χ3v) is 7.68. The quantitative estimate of drug-likeness (QED) is 0.530. The van der Waals surface area contributed by atoms with Crippen molar-refractivity contribution in [1.82, 2.24) is 0 Å². The van der Waals surface area contributed by atoms with Crippen LogP contribution in [-0.2, 0) is 9.47 Å². The van der Waals surface area contributed by atoms with Crippen LogP contribution in [0.1, 0.15) is 46.0 Å². The number of hydrogen-bond acceptors (Lipinski definition) is 2. The number of allylic oxidation sites excluding steroid dienone is 3. The molecule has 1 heterocycles. The van der Waals surface area contributed by atoms with Gasteiger partial charge in [-0.25, -0.2) is 18.6 Å². The Hall–Kier alpha value is 0.906. The maximum absolute atomic E-state index is 6.17. The Bertz CT molecular complexity index is 522. The van der Waals surface area contributed by atoms with Crippen LogP contribution in [0, 0.1) is 42.1 Å². The molecule has 4 rings (SSSR count). The van der Waals surface area contributed by atoms with Crippen molar-refractivity contribution in [3.63, 3.8) is 0 Å². The van der Waals surface area contributed by atoms with E-state index in [9.17, 15) is 0 Å². The summed E-state index contributed by atoms with van der Waals surface area (Å²) >= 11 is 0. The summed E-state index contributed by atoms with van der Waals surface area (Å²) in [7, 11) is 0.